The molecule has 2 aromatic rings. The molecule has 0 saturated carbocycles. The molecule has 0 radical (unpaired) electrons. The Morgan fingerprint density at radius 2 is 2.15 bits per heavy atom. The van der Waals surface area contributed by atoms with Gasteiger partial charge in [-0.2, -0.15) is 0 Å². The first kappa shape index (κ1) is 8.91. The van der Waals surface area contributed by atoms with Crippen LogP contribution in [-0.4, -0.2) is 7.11 Å². The summed E-state index contributed by atoms with van der Waals surface area (Å²) < 4.78 is 6.46. The average Bonchev–Trinajstić information content (AvgIpc) is 2.50. The minimum Gasteiger partial charge on any atom is -0.495 e. The van der Waals surface area contributed by atoms with Crippen LogP contribution in [0.5, 0.6) is 5.75 Å². The maximum absolute atomic E-state index is 5.27. The third kappa shape index (κ3) is 1.32. The number of rotatable bonds is 1. The lowest BCUT2D eigenvalue weighted by Crippen LogP contribution is -1.83. The van der Waals surface area contributed by atoms with Gasteiger partial charge in [-0.1, -0.05) is 6.07 Å². The molecule has 0 spiro atoms. The second-order valence-corrected chi connectivity index (χ2v) is 4.27. The van der Waals surface area contributed by atoms with Gasteiger partial charge in [-0.05, 0) is 18.6 Å². The summed E-state index contributed by atoms with van der Waals surface area (Å²) in [4.78, 5) is 1.04. The molecule has 68 valence electrons. The molecule has 13 heavy (non-hydrogen) atoms. The van der Waals surface area contributed by atoms with E-state index >= 15 is 0 Å². The number of methoxy groups -OCH3 is 1. The van der Waals surface area contributed by atoms with Gasteiger partial charge >= 0.3 is 0 Å². The highest BCUT2D eigenvalue weighted by Crippen LogP contribution is 2.37. The number of ether oxygens (including phenoxy) is 1. The average molecular weight is 210 g/mol. The summed E-state index contributed by atoms with van der Waals surface area (Å²) in [6.07, 6.45) is 0. The Morgan fingerprint density at radius 3 is 2.85 bits per heavy atom. The van der Waals surface area contributed by atoms with Gasteiger partial charge in [0.1, 0.15) is 5.75 Å². The fraction of sp³-hybridized carbons (Fsp3) is 0.200. The summed E-state index contributed by atoms with van der Waals surface area (Å²) in [5.41, 5.74) is 1.25. The van der Waals surface area contributed by atoms with E-state index in [1.165, 1.54) is 15.6 Å². The van der Waals surface area contributed by atoms with E-state index in [9.17, 15) is 0 Å². The standard InChI is InChI=1S/C10H10OS2/c1-6-3-4-7(11-2)10-9(6)8(12)5-13-10/h3-5,12H,1-2H3. The van der Waals surface area contributed by atoms with Crippen molar-refractivity contribution in [2.45, 2.75) is 11.8 Å². The predicted molar refractivity (Wildman–Crippen MR) is 60.4 cm³/mol. The number of benzene rings is 1. The van der Waals surface area contributed by atoms with Crippen LogP contribution in [0.15, 0.2) is 22.4 Å². The van der Waals surface area contributed by atoms with Crippen molar-refractivity contribution in [3.05, 3.63) is 23.1 Å². The largest absolute Gasteiger partial charge is 0.495 e. The van der Waals surface area contributed by atoms with Crippen LogP contribution in [0.3, 0.4) is 0 Å². The van der Waals surface area contributed by atoms with E-state index in [4.69, 9.17) is 4.74 Å². The molecular formula is C10H10OS2. The molecule has 0 unspecified atom stereocenters. The van der Waals surface area contributed by atoms with Crippen molar-refractivity contribution in [3.8, 4) is 5.75 Å². The van der Waals surface area contributed by atoms with Crippen LogP contribution >= 0.6 is 24.0 Å². The van der Waals surface area contributed by atoms with E-state index < -0.39 is 0 Å². The van der Waals surface area contributed by atoms with Gasteiger partial charge in [0.05, 0.1) is 11.8 Å². The van der Waals surface area contributed by atoms with E-state index in [-0.39, 0.29) is 0 Å². The Kier molecular flexibility index (Phi) is 2.22. The number of hydrogen-bond donors (Lipinski definition) is 1. The Labute approximate surface area is 86.8 Å². The molecule has 3 heteroatoms. The van der Waals surface area contributed by atoms with Crippen molar-refractivity contribution in [1.29, 1.82) is 0 Å². The summed E-state index contributed by atoms with van der Waals surface area (Å²) >= 11 is 6.09. The molecule has 1 aromatic carbocycles. The fourth-order valence-corrected chi connectivity index (χ4v) is 2.96. The quantitative estimate of drug-likeness (QED) is 0.709. The number of aryl methyl sites for hydroxylation is 1. The van der Waals surface area contributed by atoms with Crippen LogP contribution in [0.1, 0.15) is 5.56 Å². The maximum Gasteiger partial charge on any atom is 0.136 e. The second-order valence-electron chi connectivity index (χ2n) is 2.91. The monoisotopic (exact) mass is 210 g/mol. The van der Waals surface area contributed by atoms with Crippen LogP contribution in [-0.2, 0) is 0 Å². The summed E-state index contributed by atoms with van der Waals surface area (Å²) in [6.45, 7) is 2.09. The minimum atomic E-state index is 0.936. The number of thiophene rings is 1. The van der Waals surface area contributed by atoms with Crippen LogP contribution in [0.25, 0.3) is 10.1 Å². The molecule has 1 aromatic heterocycles. The predicted octanol–water partition coefficient (Wildman–Crippen LogP) is 3.51. The lowest BCUT2D eigenvalue weighted by Gasteiger charge is -2.03. The van der Waals surface area contributed by atoms with Crippen molar-refractivity contribution in [1.82, 2.24) is 0 Å². The minimum absolute atomic E-state index is 0.936. The highest BCUT2D eigenvalue weighted by Gasteiger charge is 2.08. The summed E-state index contributed by atoms with van der Waals surface area (Å²) in [6, 6.07) is 4.06. The van der Waals surface area contributed by atoms with E-state index in [0.717, 1.165) is 10.6 Å². The molecule has 0 aliphatic heterocycles. The molecular weight excluding hydrogens is 200 g/mol. The molecule has 0 atom stereocenters. The van der Waals surface area contributed by atoms with E-state index in [0.29, 0.717) is 0 Å². The maximum atomic E-state index is 5.27. The van der Waals surface area contributed by atoms with Gasteiger partial charge in [-0.15, -0.1) is 24.0 Å². The first-order valence-corrected chi connectivity index (χ1v) is 5.30. The van der Waals surface area contributed by atoms with Crippen molar-refractivity contribution < 1.29 is 4.74 Å². The van der Waals surface area contributed by atoms with Gasteiger partial charge in [-0.3, -0.25) is 0 Å². The Hall–Kier alpha value is -0.670. The Balaban J connectivity index is 2.87. The lowest BCUT2D eigenvalue weighted by molar-refractivity contribution is 0.420. The molecule has 0 bridgehead atoms. The summed E-state index contributed by atoms with van der Waals surface area (Å²) in [7, 11) is 1.70. The molecule has 1 heterocycles. The molecule has 0 aliphatic rings. The van der Waals surface area contributed by atoms with Gasteiger partial charge in [0, 0.05) is 15.7 Å². The second kappa shape index (κ2) is 3.24. The SMILES string of the molecule is COc1ccc(C)c2c(S)csc12. The van der Waals surface area contributed by atoms with Gasteiger partial charge in [0.15, 0.2) is 0 Å². The van der Waals surface area contributed by atoms with Gasteiger partial charge in [0.25, 0.3) is 0 Å². The zero-order valence-corrected chi connectivity index (χ0v) is 9.21. The fourth-order valence-electron chi connectivity index (χ4n) is 1.43. The molecule has 0 N–H and O–H groups in total. The van der Waals surface area contributed by atoms with Crippen molar-refractivity contribution >= 4 is 34.1 Å². The van der Waals surface area contributed by atoms with E-state index in [1.807, 2.05) is 11.4 Å². The van der Waals surface area contributed by atoms with E-state index in [2.05, 4.69) is 25.6 Å². The zero-order valence-electron chi connectivity index (χ0n) is 7.50. The van der Waals surface area contributed by atoms with Crippen molar-refractivity contribution in [2.75, 3.05) is 7.11 Å². The van der Waals surface area contributed by atoms with Crippen molar-refractivity contribution in [2.24, 2.45) is 0 Å². The van der Waals surface area contributed by atoms with E-state index in [1.54, 1.807) is 18.4 Å². The third-order valence-electron chi connectivity index (χ3n) is 2.09. The zero-order chi connectivity index (χ0) is 9.42. The molecule has 0 fully saturated rings. The van der Waals surface area contributed by atoms with Crippen molar-refractivity contribution in [3.63, 3.8) is 0 Å². The van der Waals surface area contributed by atoms with Gasteiger partial charge in [-0.25, -0.2) is 0 Å². The number of fused-ring (bicyclic) bond motifs is 1. The number of thiol groups is 1. The van der Waals surface area contributed by atoms with Crippen LogP contribution in [0.4, 0.5) is 0 Å². The molecule has 0 aliphatic carbocycles. The molecule has 0 saturated heterocycles. The lowest BCUT2D eigenvalue weighted by atomic mass is 10.1. The molecule has 0 amide bonds. The topological polar surface area (TPSA) is 9.23 Å². The highest BCUT2D eigenvalue weighted by molar-refractivity contribution is 7.80. The van der Waals surface area contributed by atoms with Crippen LogP contribution < -0.4 is 4.74 Å². The molecule has 2 rings (SSSR count). The first-order valence-electron chi connectivity index (χ1n) is 3.98. The summed E-state index contributed by atoms with van der Waals surface area (Å²) in [5, 5.41) is 3.26. The van der Waals surface area contributed by atoms with Crippen LogP contribution in [0, 0.1) is 6.92 Å². The Bertz CT molecular complexity index is 445. The summed E-state index contributed by atoms with van der Waals surface area (Å²) in [5.74, 6) is 0.936. The first-order chi connectivity index (χ1) is 6.24. The Morgan fingerprint density at radius 1 is 1.38 bits per heavy atom. The number of hydrogen-bond acceptors (Lipinski definition) is 3. The third-order valence-corrected chi connectivity index (χ3v) is 3.62. The van der Waals surface area contributed by atoms with Gasteiger partial charge in [0.2, 0.25) is 0 Å². The molecule has 1 nitrogen and oxygen atoms in total. The normalized spacial score (nSPS) is 10.7. The van der Waals surface area contributed by atoms with Gasteiger partial charge < -0.3 is 4.74 Å². The van der Waals surface area contributed by atoms with Crippen LogP contribution in [0.2, 0.25) is 0 Å². The highest BCUT2D eigenvalue weighted by atomic mass is 32.1. The smallest absolute Gasteiger partial charge is 0.136 e.